The molecule has 1 spiro atoms. The van der Waals surface area contributed by atoms with Crippen molar-refractivity contribution in [1.29, 1.82) is 0 Å². The first-order chi connectivity index (χ1) is 14.3. The van der Waals surface area contributed by atoms with Crippen molar-refractivity contribution in [3.8, 4) is 0 Å². The lowest BCUT2D eigenvalue weighted by Crippen LogP contribution is -2.75. The number of cyclic esters (lactones) is 2. The van der Waals surface area contributed by atoms with E-state index in [2.05, 4.69) is 26.8 Å². The number of hydrogen-bond donors (Lipinski definition) is 0. The standard InChI is InChI=1S/C24H29Cl3O4/c1-12(2)13-11-22-9-6-15-20(3,7-5-8-21(15,4)17(25)28)16(22)10-14(13)23(26)18(29)31-19(30)24(22,23)27/h11-12,14-16H,5-10H2,1-4H3/t14-,15-,16-,20-,21+,22-,23+,24-/m0/s1. The first-order valence-corrected chi connectivity index (χ1v) is 12.5. The molecule has 1 heterocycles. The molecule has 0 amide bonds. The highest BCUT2D eigenvalue weighted by Gasteiger charge is 2.85. The molecule has 0 aromatic rings. The van der Waals surface area contributed by atoms with E-state index in [0.29, 0.717) is 19.3 Å². The van der Waals surface area contributed by atoms with Gasteiger partial charge in [0.2, 0.25) is 5.24 Å². The number of carbonyl (C=O) groups excluding carboxylic acids is 3. The molecule has 0 unspecified atom stereocenters. The van der Waals surface area contributed by atoms with Gasteiger partial charge >= 0.3 is 11.9 Å². The van der Waals surface area contributed by atoms with E-state index < -0.39 is 32.5 Å². The Labute approximate surface area is 198 Å². The molecule has 5 aliphatic carbocycles. The molecule has 1 saturated heterocycles. The third-order valence-corrected chi connectivity index (χ3v) is 12.1. The molecule has 0 aromatic heterocycles. The van der Waals surface area contributed by atoms with E-state index in [0.717, 1.165) is 24.8 Å². The normalized spacial score (nSPS) is 52.9. The molecule has 8 atom stereocenters. The van der Waals surface area contributed by atoms with Gasteiger partial charge in [0.05, 0.1) is 0 Å². The molecule has 1 aliphatic heterocycles. The minimum atomic E-state index is -1.63. The molecule has 2 bridgehead atoms. The summed E-state index contributed by atoms with van der Waals surface area (Å²) in [5.74, 6) is -1.49. The highest BCUT2D eigenvalue weighted by Crippen LogP contribution is 2.78. The van der Waals surface area contributed by atoms with E-state index in [9.17, 15) is 14.4 Å². The van der Waals surface area contributed by atoms with Crippen molar-refractivity contribution in [3.05, 3.63) is 11.6 Å². The number of fused-ring (bicyclic) bond motifs is 1. The Hall–Kier alpha value is -0.580. The molecular formula is C24H29Cl3O4. The highest BCUT2D eigenvalue weighted by molar-refractivity contribution is 6.64. The molecular weight excluding hydrogens is 459 g/mol. The molecule has 4 fully saturated rings. The van der Waals surface area contributed by atoms with Crippen LogP contribution in [0.5, 0.6) is 0 Å². The van der Waals surface area contributed by atoms with Gasteiger partial charge in [-0.25, -0.2) is 9.59 Å². The van der Waals surface area contributed by atoms with Crippen LogP contribution in [0.3, 0.4) is 0 Å². The maximum atomic E-state index is 13.2. The summed E-state index contributed by atoms with van der Waals surface area (Å²) in [5, 5.41) is -0.276. The Kier molecular flexibility index (Phi) is 4.52. The first-order valence-electron chi connectivity index (χ1n) is 11.4. The van der Waals surface area contributed by atoms with Crippen LogP contribution >= 0.6 is 34.8 Å². The van der Waals surface area contributed by atoms with Gasteiger partial charge in [0.25, 0.3) is 0 Å². The highest BCUT2D eigenvalue weighted by atomic mass is 35.5. The lowest BCUT2D eigenvalue weighted by Gasteiger charge is -2.71. The van der Waals surface area contributed by atoms with Crippen molar-refractivity contribution >= 4 is 52.0 Å². The van der Waals surface area contributed by atoms with E-state index >= 15 is 0 Å². The van der Waals surface area contributed by atoms with Crippen LogP contribution in [0.1, 0.15) is 66.2 Å². The van der Waals surface area contributed by atoms with Gasteiger partial charge in [-0.2, -0.15) is 0 Å². The topological polar surface area (TPSA) is 60.4 Å². The molecule has 0 aromatic carbocycles. The minimum absolute atomic E-state index is 0.0183. The summed E-state index contributed by atoms with van der Waals surface area (Å²) in [4.78, 5) is 35.5. The predicted octanol–water partition coefficient (Wildman–Crippen LogP) is 5.62. The summed E-state index contributed by atoms with van der Waals surface area (Å²) < 4.78 is 5.16. The monoisotopic (exact) mass is 486 g/mol. The molecule has 0 radical (unpaired) electrons. The average Bonchev–Trinajstić information content (AvgIpc) is 2.88. The van der Waals surface area contributed by atoms with E-state index in [1.54, 1.807) is 0 Å². The summed E-state index contributed by atoms with van der Waals surface area (Å²) in [6.45, 7) is 8.41. The number of alkyl halides is 2. The average molecular weight is 488 g/mol. The smallest absolute Gasteiger partial charge is 0.338 e. The molecule has 3 saturated carbocycles. The van der Waals surface area contributed by atoms with Crippen LogP contribution in [0, 0.1) is 39.9 Å². The second-order valence-corrected chi connectivity index (χ2v) is 12.9. The largest absolute Gasteiger partial charge is 0.390 e. The molecule has 7 heteroatoms. The first kappa shape index (κ1) is 22.2. The molecule has 4 nitrogen and oxygen atoms in total. The Bertz CT molecular complexity index is 945. The maximum absolute atomic E-state index is 13.2. The van der Waals surface area contributed by atoms with Gasteiger partial charge in [-0.15, -0.1) is 23.2 Å². The van der Waals surface area contributed by atoms with Crippen LogP contribution in [0.2, 0.25) is 0 Å². The Morgan fingerprint density at radius 2 is 1.77 bits per heavy atom. The van der Waals surface area contributed by atoms with Crippen molar-refractivity contribution in [2.24, 2.45) is 39.9 Å². The zero-order chi connectivity index (χ0) is 22.8. The van der Waals surface area contributed by atoms with Crippen molar-refractivity contribution in [3.63, 3.8) is 0 Å². The van der Waals surface area contributed by atoms with Crippen LogP contribution < -0.4 is 0 Å². The Balaban J connectivity index is 1.74. The van der Waals surface area contributed by atoms with Crippen molar-refractivity contribution in [1.82, 2.24) is 0 Å². The SMILES string of the molecule is CC(C)C1=C[C@@]23CC[C@H]4[C@](C)(CCC[C@@]4(C)C(=O)Cl)[C@@H]2C[C@@H]1[C@@]1(Cl)C(=O)OC(=O)[C@]31Cl. The van der Waals surface area contributed by atoms with Gasteiger partial charge in [-0.05, 0) is 66.9 Å². The number of halogens is 3. The molecule has 6 aliphatic rings. The summed E-state index contributed by atoms with van der Waals surface area (Å²) in [7, 11) is 0. The number of allylic oxidation sites excluding steroid dienone is 2. The van der Waals surface area contributed by atoms with Crippen LogP contribution in [0.25, 0.3) is 0 Å². The summed E-state index contributed by atoms with van der Waals surface area (Å²) in [6.07, 6.45) is 6.76. The zero-order valence-corrected chi connectivity index (χ0v) is 20.7. The molecule has 170 valence electrons. The van der Waals surface area contributed by atoms with Gasteiger partial charge < -0.3 is 4.74 Å². The minimum Gasteiger partial charge on any atom is -0.390 e. The van der Waals surface area contributed by atoms with Crippen LogP contribution in [-0.2, 0) is 19.1 Å². The van der Waals surface area contributed by atoms with Gasteiger partial charge in [-0.3, -0.25) is 4.79 Å². The third kappa shape index (κ3) is 2.19. The van der Waals surface area contributed by atoms with Gasteiger partial charge in [0.15, 0.2) is 9.75 Å². The fraction of sp³-hybridized carbons (Fsp3) is 0.792. The fourth-order valence-electron chi connectivity index (χ4n) is 8.68. The fourth-order valence-corrected chi connectivity index (χ4v) is 9.94. The second-order valence-electron chi connectivity index (χ2n) is 11.4. The van der Waals surface area contributed by atoms with Crippen molar-refractivity contribution < 1.29 is 19.1 Å². The number of carbonyl (C=O) groups is 3. The molecule has 0 N–H and O–H groups in total. The number of ether oxygens (including phenoxy) is 1. The number of esters is 2. The maximum Gasteiger partial charge on any atom is 0.338 e. The lowest BCUT2D eigenvalue weighted by molar-refractivity contribution is -0.176. The van der Waals surface area contributed by atoms with Gasteiger partial charge in [0, 0.05) is 16.7 Å². The summed E-state index contributed by atoms with van der Waals surface area (Å²) >= 11 is 20.5. The predicted molar refractivity (Wildman–Crippen MR) is 119 cm³/mol. The lowest BCUT2D eigenvalue weighted by atomic mass is 9.34. The number of rotatable bonds is 2. The van der Waals surface area contributed by atoms with E-state index in [4.69, 9.17) is 39.5 Å². The number of hydrogen-bond acceptors (Lipinski definition) is 4. The van der Waals surface area contributed by atoms with Gasteiger partial charge in [0.1, 0.15) is 0 Å². The van der Waals surface area contributed by atoms with E-state index in [-0.39, 0.29) is 34.3 Å². The van der Waals surface area contributed by atoms with Gasteiger partial charge in [-0.1, -0.05) is 45.8 Å². The van der Waals surface area contributed by atoms with E-state index in [1.165, 1.54) is 0 Å². The van der Waals surface area contributed by atoms with Crippen LogP contribution in [0.4, 0.5) is 0 Å². The van der Waals surface area contributed by atoms with Crippen molar-refractivity contribution in [2.75, 3.05) is 0 Å². The summed E-state index contributed by atoms with van der Waals surface area (Å²) in [6, 6.07) is 0. The van der Waals surface area contributed by atoms with Crippen LogP contribution in [0.15, 0.2) is 11.6 Å². The quantitative estimate of drug-likeness (QED) is 0.167. The third-order valence-electron chi connectivity index (χ3n) is 10.0. The Morgan fingerprint density at radius 1 is 1.10 bits per heavy atom. The van der Waals surface area contributed by atoms with Crippen LogP contribution in [-0.4, -0.2) is 26.9 Å². The second kappa shape index (κ2) is 6.30. The van der Waals surface area contributed by atoms with Crippen molar-refractivity contribution in [2.45, 2.75) is 76.0 Å². The zero-order valence-electron chi connectivity index (χ0n) is 18.4. The van der Waals surface area contributed by atoms with E-state index in [1.807, 2.05) is 6.92 Å². The Morgan fingerprint density at radius 3 is 2.39 bits per heavy atom. The molecule has 31 heavy (non-hydrogen) atoms. The molecule has 6 rings (SSSR count). The summed E-state index contributed by atoms with van der Waals surface area (Å²) in [5.41, 5.74) is -0.518.